The van der Waals surface area contributed by atoms with Gasteiger partial charge in [0.25, 0.3) is 0 Å². The minimum absolute atomic E-state index is 0.388. The zero-order valence-corrected chi connectivity index (χ0v) is 19.8. The number of hydrogen-bond donors (Lipinski definition) is 0. The Morgan fingerprint density at radius 2 is 1.74 bits per heavy atom. The van der Waals surface area contributed by atoms with Crippen molar-refractivity contribution in [1.29, 1.82) is 0 Å². The van der Waals surface area contributed by atoms with Gasteiger partial charge in [-0.25, -0.2) is 9.97 Å². The van der Waals surface area contributed by atoms with Gasteiger partial charge in [-0.15, -0.1) is 0 Å². The van der Waals surface area contributed by atoms with Gasteiger partial charge in [0.2, 0.25) is 0 Å². The molecular formula is C29H30N4O. The molecule has 1 aliphatic rings. The first-order valence-corrected chi connectivity index (χ1v) is 11.9. The van der Waals surface area contributed by atoms with Crippen LogP contribution >= 0.6 is 0 Å². The highest BCUT2D eigenvalue weighted by molar-refractivity contribution is 5.69. The van der Waals surface area contributed by atoms with Gasteiger partial charge < -0.3 is 4.74 Å². The van der Waals surface area contributed by atoms with Crippen molar-refractivity contribution in [3.05, 3.63) is 96.1 Å². The first-order chi connectivity index (χ1) is 16.7. The Bertz CT molecular complexity index is 1250. The van der Waals surface area contributed by atoms with Crippen LogP contribution in [0.15, 0.2) is 79.3 Å². The largest absolute Gasteiger partial charge is 0.497 e. The minimum Gasteiger partial charge on any atom is -0.497 e. The van der Waals surface area contributed by atoms with E-state index in [-0.39, 0.29) is 0 Å². The summed E-state index contributed by atoms with van der Waals surface area (Å²) in [6, 6.07) is 20.9. The standard InChI is InChI=1S/C29H30N4O/c1-21-5-3-6-22(17-21)20-33-15-11-23(12-16-33)28-27(25-7-4-8-26(18-25)34-2)19-31-29(32-28)24-9-13-30-14-10-24/h3-10,13-14,17-19,23H,11-12,15-16,20H2,1-2H3. The zero-order chi connectivity index (χ0) is 23.3. The normalized spacial score (nSPS) is 14.8. The topological polar surface area (TPSA) is 51.1 Å². The van der Waals surface area contributed by atoms with Crippen LogP contribution < -0.4 is 4.74 Å². The van der Waals surface area contributed by atoms with Crippen molar-refractivity contribution >= 4 is 0 Å². The molecule has 0 atom stereocenters. The Hall–Kier alpha value is -3.57. The van der Waals surface area contributed by atoms with E-state index < -0.39 is 0 Å². The lowest BCUT2D eigenvalue weighted by Gasteiger charge is -2.32. The van der Waals surface area contributed by atoms with Crippen LogP contribution in [0.2, 0.25) is 0 Å². The fourth-order valence-electron chi connectivity index (χ4n) is 4.79. The molecule has 0 N–H and O–H groups in total. The summed E-state index contributed by atoms with van der Waals surface area (Å²) in [4.78, 5) is 16.5. The van der Waals surface area contributed by atoms with Gasteiger partial charge in [0.05, 0.1) is 12.8 Å². The third kappa shape index (κ3) is 5.00. The van der Waals surface area contributed by atoms with Gasteiger partial charge in [-0.3, -0.25) is 9.88 Å². The molecule has 5 nitrogen and oxygen atoms in total. The summed E-state index contributed by atoms with van der Waals surface area (Å²) in [6.07, 6.45) is 7.72. The number of hydrogen-bond acceptors (Lipinski definition) is 5. The van der Waals surface area contributed by atoms with Gasteiger partial charge >= 0.3 is 0 Å². The van der Waals surface area contributed by atoms with E-state index in [4.69, 9.17) is 14.7 Å². The van der Waals surface area contributed by atoms with Crippen LogP contribution in [0.4, 0.5) is 0 Å². The molecule has 1 saturated heterocycles. The van der Waals surface area contributed by atoms with Gasteiger partial charge in [0.15, 0.2) is 5.82 Å². The molecular weight excluding hydrogens is 420 g/mol. The lowest BCUT2D eigenvalue weighted by Crippen LogP contribution is -2.33. The molecule has 1 fully saturated rings. The summed E-state index contributed by atoms with van der Waals surface area (Å²) in [7, 11) is 1.70. The van der Waals surface area contributed by atoms with E-state index in [0.29, 0.717) is 5.92 Å². The number of benzene rings is 2. The fourth-order valence-corrected chi connectivity index (χ4v) is 4.79. The summed E-state index contributed by atoms with van der Waals surface area (Å²) in [5.74, 6) is 1.99. The van der Waals surface area contributed by atoms with E-state index in [1.165, 1.54) is 11.1 Å². The zero-order valence-electron chi connectivity index (χ0n) is 19.8. The Balaban J connectivity index is 1.43. The maximum atomic E-state index is 5.48. The molecule has 0 spiro atoms. The highest BCUT2D eigenvalue weighted by Gasteiger charge is 2.25. The lowest BCUT2D eigenvalue weighted by molar-refractivity contribution is 0.203. The highest BCUT2D eigenvalue weighted by atomic mass is 16.5. The average molecular weight is 451 g/mol. The molecule has 0 aliphatic carbocycles. The first-order valence-electron chi connectivity index (χ1n) is 11.9. The van der Waals surface area contributed by atoms with Crippen molar-refractivity contribution in [2.75, 3.05) is 20.2 Å². The maximum absolute atomic E-state index is 5.48. The molecule has 0 radical (unpaired) electrons. The Kier molecular flexibility index (Phi) is 6.63. The van der Waals surface area contributed by atoms with Crippen LogP contribution in [0.5, 0.6) is 5.75 Å². The predicted molar refractivity (Wildman–Crippen MR) is 136 cm³/mol. The Morgan fingerprint density at radius 1 is 0.941 bits per heavy atom. The van der Waals surface area contributed by atoms with E-state index in [9.17, 15) is 0 Å². The fraction of sp³-hybridized carbons (Fsp3) is 0.276. The molecule has 4 aromatic rings. The van der Waals surface area contributed by atoms with E-state index in [1.807, 2.05) is 30.5 Å². The molecule has 172 valence electrons. The quantitative estimate of drug-likeness (QED) is 0.366. The van der Waals surface area contributed by atoms with Crippen LogP contribution in [0.3, 0.4) is 0 Å². The molecule has 1 aliphatic heterocycles. The van der Waals surface area contributed by atoms with E-state index in [1.54, 1.807) is 19.5 Å². The van der Waals surface area contributed by atoms with Crippen molar-refractivity contribution in [3.63, 3.8) is 0 Å². The van der Waals surface area contributed by atoms with Gasteiger partial charge in [-0.05, 0) is 68.2 Å². The number of pyridine rings is 1. The predicted octanol–water partition coefficient (Wildman–Crippen LogP) is 5.90. The maximum Gasteiger partial charge on any atom is 0.159 e. The summed E-state index contributed by atoms with van der Waals surface area (Å²) in [5.41, 5.74) is 7.01. The number of methoxy groups -OCH3 is 1. The number of rotatable bonds is 6. The van der Waals surface area contributed by atoms with Crippen molar-refractivity contribution in [2.45, 2.75) is 32.2 Å². The number of aromatic nitrogens is 3. The van der Waals surface area contributed by atoms with E-state index in [0.717, 1.165) is 66.4 Å². The third-order valence-corrected chi connectivity index (χ3v) is 6.60. The SMILES string of the molecule is COc1cccc(-c2cnc(-c3ccncc3)nc2C2CCN(Cc3cccc(C)c3)CC2)c1. The Morgan fingerprint density at radius 3 is 2.50 bits per heavy atom. The summed E-state index contributed by atoms with van der Waals surface area (Å²) in [6.45, 7) is 5.28. The smallest absolute Gasteiger partial charge is 0.159 e. The van der Waals surface area contributed by atoms with Crippen molar-refractivity contribution in [3.8, 4) is 28.3 Å². The van der Waals surface area contributed by atoms with Crippen LogP contribution in [-0.2, 0) is 6.54 Å². The average Bonchev–Trinajstić information content (AvgIpc) is 2.89. The number of likely N-dealkylation sites (tertiary alicyclic amines) is 1. The second-order valence-corrected chi connectivity index (χ2v) is 9.00. The summed E-state index contributed by atoms with van der Waals surface area (Å²) < 4.78 is 5.48. The molecule has 2 aromatic heterocycles. The number of aryl methyl sites for hydroxylation is 1. The molecule has 3 heterocycles. The molecule has 5 heteroatoms. The Labute approximate surface area is 201 Å². The van der Waals surface area contributed by atoms with Crippen LogP contribution in [-0.4, -0.2) is 40.1 Å². The van der Waals surface area contributed by atoms with Gasteiger partial charge in [-0.1, -0.05) is 42.0 Å². The summed E-state index contributed by atoms with van der Waals surface area (Å²) >= 11 is 0. The van der Waals surface area contributed by atoms with Gasteiger partial charge in [0.1, 0.15) is 5.75 Å². The molecule has 0 amide bonds. The number of piperidine rings is 1. The second kappa shape index (κ2) is 10.1. The third-order valence-electron chi connectivity index (χ3n) is 6.60. The van der Waals surface area contributed by atoms with Crippen LogP contribution in [0.25, 0.3) is 22.5 Å². The monoisotopic (exact) mass is 450 g/mol. The van der Waals surface area contributed by atoms with Gasteiger partial charge in [-0.2, -0.15) is 0 Å². The number of ether oxygens (including phenoxy) is 1. The highest BCUT2D eigenvalue weighted by Crippen LogP contribution is 2.36. The van der Waals surface area contributed by atoms with E-state index in [2.05, 4.69) is 53.2 Å². The molecule has 2 aromatic carbocycles. The molecule has 0 bridgehead atoms. The van der Waals surface area contributed by atoms with Crippen molar-refractivity contribution in [2.24, 2.45) is 0 Å². The molecule has 5 rings (SSSR count). The molecule has 0 saturated carbocycles. The number of nitrogens with zero attached hydrogens (tertiary/aromatic N) is 4. The lowest BCUT2D eigenvalue weighted by atomic mass is 9.88. The first kappa shape index (κ1) is 22.2. The second-order valence-electron chi connectivity index (χ2n) is 9.00. The minimum atomic E-state index is 0.388. The summed E-state index contributed by atoms with van der Waals surface area (Å²) in [5, 5.41) is 0. The van der Waals surface area contributed by atoms with Crippen LogP contribution in [0, 0.1) is 6.92 Å². The van der Waals surface area contributed by atoms with Crippen molar-refractivity contribution in [1.82, 2.24) is 19.9 Å². The molecule has 0 unspecified atom stereocenters. The van der Waals surface area contributed by atoms with Crippen molar-refractivity contribution < 1.29 is 4.74 Å². The van der Waals surface area contributed by atoms with Crippen LogP contribution in [0.1, 0.15) is 35.6 Å². The van der Waals surface area contributed by atoms with Gasteiger partial charge in [0, 0.05) is 42.2 Å². The van der Waals surface area contributed by atoms with E-state index >= 15 is 0 Å². The molecule has 34 heavy (non-hydrogen) atoms.